The topological polar surface area (TPSA) is 267 Å². The summed E-state index contributed by atoms with van der Waals surface area (Å²) in [6.07, 6.45) is -5.86. The molecule has 34 heavy (non-hydrogen) atoms. The minimum Gasteiger partial charge on any atom is -0.480 e. The van der Waals surface area contributed by atoms with E-state index in [1.165, 1.54) is 0 Å². The van der Waals surface area contributed by atoms with Gasteiger partial charge in [0.1, 0.15) is 24.1 Å². The fraction of sp³-hybridized carbons (Fsp3) is 0.562. The lowest BCUT2D eigenvalue weighted by molar-refractivity contribution is -0.141. The van der Waals surface area contributed by atoms with Gasteiger partial charge in [0.05, 0.1) is 19.0 Å². The smallest absolute Gasteiger partial charge is 0.328 e. The van der Waals surface area contributed by atoms with Crippen molar-refractivity contribution in [3.05, 3.63) is 12.2 Å². The molecule has 2 amide bonds. The summed E-state index contributed by atoms with van der Waals surface area (Å²) in [7, 11) is -4.63. The van der Waals surface area contributed by atoms with Crippen LogP contribution in [0.2, 0.25) is 0 Å². The SMILES string of the molecule is C[C@@H](O)[C@H](NC(=O)Nc1nc(CS(=O)(=O)O)nc2c1ncn2[C@@H]1O[C@H](CO)[C@@H](O)[C@H]1O)C(=O)O. The van der Waals surface area contributed by atoms with Crippen molar-refractivity contribution in [3.63, 3.8) is 0 Å². The number of ether oxygens (including phenoxy) is 1. The molecule has 0 unspecified atom stereocenters. The number of imidazole rings is 1. The van der Waals surface area contributed by atoms with Crippen molar-refractivity contribution in [1.29, 1.82) is 0 Å². The number of hydrogen-bond donors (Lipinski definition) is 8. The molecule has 3 heterocycles. The second-order valence-electron chi connectivity index (χ2n) is 7.42. The molecule has 0 spiro atoms. The third kappa shape index (κ3) is 5.38. The van der Waals surface area contributed by atoms with Crippen molar-refractivity contribution in [2.24, 2.45) is 0 Å². The number of fused-ring (bicyclic) bond motifs is 1. The number of hydrogen-bond acceptors (Lipinski definition) is 12. The molecule has 0 saturated carbocycles. The second-order valence-corrected chi connectivity index (χ2v) is 8.88. The first-order valence-corrected chi connectivity index (χ1v) is 11.2. The number of carboxylic acid groups (broad SMARTS) is 1. The molecular weight excluding hydrogens is 484 g/mol. The molecule has 6 atom stereocenters. The molecule has 1 fully saturated rings. The number of carbonyl (C=O) groups excluding carboxylic acids is 1. The van der Waals surface area contributed by atoms with Gasteiger partial charge in [0.15, 0.2) is 35.1 Å². The zero-order valence-electron chi connectivity index (χ0n) is 17.4. The van der Waals surface area contributed by atoms with E-state index in [0.29, 0.717) is 0 Å². The zero-order chi connectivity index (χ0) is 25.4. The molecule has 3 rings (SSSR count). The van der Waals surface area contributed by atoms with Gasteiger partial charge in [-0.3, -0.25) is 14.4 Å². The van der Waals surface area contributed by atoms with E-state index in [0.717, 1.165) is 17.8 Å². The quantitative estimate of drug-likeness (QED) is 0.164. The molecule has 1 aliphatic rings. The minimum atomic E-state index is -4.63. The summed E-state index contributed by atoms with van der Waals surface area (Å²) in [5, 5.41) is 52.4. The number of carbonyl (C=O) groups is 2. The Morgan fingerprint density at radius 2 is 1.94 bits per heavy atom. The Balaban J connectivity index is 2.02. The number of aliphatic hydroxyl groups is 4. The van der Waals surface area contributed by atoms with E-state index in [-0.39, 0.29) is 11.2 Å². The van der Waals surface area contributed by atoms with Gasteiger partial charge in [0, 0.05) is 0 Å². The summed E-state index contributed by atoms with van der Waals surface area (Å²) in [5.41, 5.74) is -0.347. The lowest BCUT2D eigenvalue weighted by Gasteiger charge is -2.18. The van der Waals surface area contributed by atoms with Crippen molar-refractivity contribution in [3.8, 4) is 0 Å². The first-order chi connectivity index (χ1) is 15.8. The van der Waals surface area contributed by atoms with Gasteiger partial charge in [-0.15, -0.1) is 0 Å². The van der Waals surface area contributed by atoms with E-state index in [1.807, 2.05) is 5.32 Å². The van der Waals surface area contributed by atoms with E-state index < -0.39 is 82.8 Å². The number of amides is 2. The van der Waals surface area contributed by atoms with Crippen molar-refractivity contribution in [1.82, 2.24) is 24.8 Å². The van der Waals surface area contributed by atoms with E-state index in [4.69, 9.17) is 9.84 Å². The van der Waals surface area contributed by atoms with Crippen LogP contribution in [0.25, 0.3) is 11.2 Å². The maximum Gasteiger partial charge on any atom is 0.328 e. The van der Waals surface area contributed by atoms with Crippen molar-refractivity contribution in [2.45, 2.75) is 49.4 Å². The van der Waals surface area contributed by atoms with Gasteiger partial charge >= 0.3 is 12.0 Å². The van der Waals surface area contributed by atoms with E-state index in [9.17, 15) is 43.0 Å². The number of aliphatic hydroxyl groups excluding tert-OH is 4. The fourth-order valence-electron chi connectivity index (χ4n) is 3.25. The lowest BCUT2D eigenvalue weighted by atomic mass is 10.1. The number of aliphatic carboxylic acids is 1. The van der Waals surface area contributed by atoms with Crippen molar-refractivity contribution < 1.29 is 52.8 Å². The van der Waals surface area contributed by atoms with Crippen LogP contribution in [-0.4, -0.2) is 107 Å². The van der Waals surface area contributed by atoms with Crippen molar-refractivity contribution >= 4 is 39.1 Å². The average molecular weight is 506 g/mol. The fourth-order valence-corrected chi connectivity index (χ4v) is 3.70. The Bertz CT molecular complexity index is 1190. The zero-order valence-corrected chi connectivity index (χ0v) is 18.2. The predicted octanol–water partition coefficient (Wildman–Crippen LogP) is -3.22. The molecular formula is C16H22N6O11S. The molecule has 0 aromatic carbocycles. The average Bonchev–Trinajstić information content (AvgIpc) is 3.25. The lowest BCUT2D eigenvalue weighted by Crippen LogP contribution is -2.49. The van der Waals surface area contributed by atoms with Crippen LogP contribution in [0.15, 0.2) is 6.33 Å². The number of carboxylic acids is 1. The molecule has 1 saturated heterocycles. The van der Waals surface area contributed by atoms with Gasteiger partial charge in [-0.25, -0.2) is 24.5 Å². The molecule has 8 N–H and O–H groups in total. The molecule has 17 nitrogen and oxygen atoms in total. The van der Waals surface area contributed by atoms with Crippen LogP contribution in [-0.2, 0) is 25.4 Å². The van der Waals surface area contributed by atoms with Crippen LogP contribution >= 0.6 is 0 Å². The summed E-state index contributed by atoms with van der Waals surface area (Å²) >= 11 is 0. The highest BCUT2D eigenvalue weighted by molar-refractivity contribution is 7.84. The van der Waals surface area contributed by atoms with Crippen LogP contribution in [0.4, 0.5) is 10.6 Å². The number of anilines is 1. The van der Waals surface area contributed by atoms with Gasteiger partial charge < -0.3 is 35.6 Å². The third-order valence-corrected chi connectivity index (χ3v) is 5.46. The van der Waals surface area contributed by atoms with E-state index in [2.05, 4.69) is 20.3 Å². The first-order valence-electron chi connectivity index (χ1n) is 9.61. The normalized spacial score (nSPS) is 24.6. The molecule has 2 aromatic rings. The Morgan fingerprint density at radius 1 is 1.26 bits per heavy atom. The van der Waals surface area contributed by atoms with Crippen LogP contribution in [0.5, 0.6) is 0 Å². The summed E-state index contributed by atoms with van der Waals surface area (Å²) in [6, 6.07) is -2.83. The van der Waals surface area contributed by atoms with Gasteiger partial charge in [0.2, 0.25) is 0 Å². The van der Waals surface area contributed by atoms with Crippen LogP contribution in [0.3, 0.4) is 0 Å². The summed E-state index contributed by atoms with van der Waals surface area (Å²) in [6.45, 7) is 0.514. The Morgan fingerprint density at radius 3 is 2.47 bits per heavy atom. The second kappa shape index (κ2) is 9.70. The number of rotatable bonds is 8. The molecule has 18 heteroatoms. The van der Waals surface area contributed by atoms with Gasteiger partial charge in [-0.1, -0.05) is 0 Å². The number of nitrogens with one attached hydrogen (secondary N) is 2. The molecule has 0 aliphatic carbocycles. The van der Waals surface area contributed by atoms with Gasteiger partial charge in [-0.05, 0) is 6.92 Å². The standard InChI is InChI=1S/C16H22N6O11S/c1-5(24)8(15(27)28)20-16(29)21-12-9-13(19-7(18-12)3-34(30,31)32)22(4-17-9)14-11(26)10(25)6(2-23)33-14/h4-6,8,10-11,14,23-26H,2-3H2,1H3,(H,27,28)(H,30,31,32)(H2,18,19,20,21,29)/t5-,6-,8+,10-,11-,14-/m1/s1. The number of nitrogens with zero attached hydrogens (tertiary/aromatic N) is 4. The Labute approximate surface area is 190 Å². The van der Waals surface area contributed by atoms with Gasteiger partial charge in [-0.2, -0.15) is 8.42 Å². The van der Waals surface area contributed by atoms with Crippen LogP contribution < -0.4 is 10.6 Å². The monoisotopic (exact) mass is 506 g/mol. The predicted molar refractivity (Wildman–Crippen MR) is 109 cm³/mol. The number of urea groups is 1. The van der Waals surface area contributed by atoms with Crippen molar-refractivity contribution in [2.75, 3.05) is 11.9 Å². The molecule has 0 radical (unpaired) electrons. The maximum atomic E-state index is 12.3. The molecule has 0 bridgehead atoms. The largest absolute Gasteiger partial charge is 0.480 e. The number of aromatic nitrogens is 4. The van der Waals surface area contributed by atoms with Gasteiger partial charge in [0.25, 0.3) is 10.1 Å². The summed E-state index contributed by atoms with van der Waals surface area (Å²) in [4.78, 5) is 35.3. The Hall–Kier alpha value is -3.00. The third-order valence-electron chi connectivity index (χ3n) is 4.84. The summed E-state index contributed by atoms with van der Waals surface area (Å²) < 4.78 is 38.4. The highest BCUT2D eigenvalue weighted by atomic mass is 32.2. The highest BCUT2D eigenvalue weighted by Gasteiger charge is 2.44. The molecule has 2 aromatic heterocycles. The first kappa shape index (κ1) is 25.6. The molecule has 1 aliphatic heterocycles. The molecule has 188 valence electrons. The van der Waals surface area contributed by atoms with E-state index in [1.54, 1.807) is 0 Å². The van der Waals surface area contributed by atoms with E-state index >= 15 is 0 Å². The summed E-state index contributed by atoms with van der Waals surface area (Å²) in [5.74, 6) is -3.52. The maximum absolute atomic E-state index is 12.3. The Kier molecular flexibility index (Phi) is 7.31. The highest BCUT2D eigenvalue weighted by Crippen LogP contribution is 2.32. The van der Waals surface area contributed by atoms with Crippen LogP contribution in [0.1, 0.15) is 19.0 Å². The van der Waals surface area contributed by atoms with Crippen LogP contribution in [0, 0.1) is 0 Å². The minimum absolute atomic E-state index is 0.157.